The van der Waals surface area contributed by atoms with Crippen LogP contribution in [0.25, 0.3) is 0 Å². The van der Waals surface area contributed by atoms with Gasteiger partial charge in [0, 0.05) is 27.5 Å². The van der Waals surface area contributed by atoms with Crippen molar-refractivity contribution in [2.75, 3.05) is 21.3 Å². The lowest BCUT2D eigenvalue weighted by molar-refractivity contribution is -0.0129. The third-order valence-electron chi connectivity index (χ3n) is 4.75. The highest BCUT2D eigenvalue weighted by Gasteiger charge is 2.58. The van der Waals surface area contributed by atoms with E-state index in [1.165, 1.54) is 6.42 Å². The second-order valence-corrected chi connectivity index (χ2v) is 9.49. The van der Waals surface area contributed by atoms with Crippen LogP contribution in [-0.2, 0) is 13.6 Å². The summed E-state index contributed by atoms with van der Waals surface area (Å²) < 4.78 is 17.8. The molecular weight excluding hydrogens is 294 g/mol. The first-order valence-corrected chi connectivity index (χ1v) is 9.97. The molecule has 0 aliphatic carbocycles. The topological polar surface area (TPSA) is 40.0 Å². The number of hydrogen-bond acceptors (Lipinski definition) is 4. The van der Waals surface area contributed by atoms with Crippen LogP contribution in [0.3, 0.4) is 0 Å². The van der Waals surface area contributed by atoms with Crippen LogP contribution in [0, 0.1) is 0 Å². The van der Waals surface area contributed by atoms with Crippen LogP contribution < -0.4 is 0 Å². The Labute approximate surface area is 134 Å². The highest BCUT2D eigenvalue weighted by molar-refractivity contribution is 6.70. The third-order valence-corrected chi connectivity index (χ3v) is 9.18. The summed E-state index contributed by atoms with van der Waals surface area (Å²) in [4.78, 5) is 4.51. The molecule has 0 radical (unpaired) electrons. The van der Waals surface area contributed by atoms with Gasteiger partial charge in [-0.05, 0) is 37.4 Å². The van der Waals surface area contributed by atoms with E-state index in [0.29, 0.717) is 0 Å². The van der Waals surface area contributed by atoms with E-state index in [1.54, 1.807) is 21.3 Å². The van der Waals surface area contributed by atoms with Gasteiger partial charge in [0.2, 0.25) is 0 Å². The third kappa shape index (κ3) is 3.48. The molecule has 122 valence electrons. The fourth-order valence-corrected chi connectivity index (χ4v) is 7.39. The van der Waals surface area contributed by atoms with E-state index in [9.17, 15) is 0 Å². The lowest BCUT2D eigenvalue weighted by Gasteiger charge is -2.47. The van der Waals surface area contributed by atoms with E-state index in [-0.39, 0.29) is 5.22 Å². The summed E-state index contributed by atoms with van der Waals surface area (Å²) in [6, 6.07) is 11.0. The van der Waals surface area contributed by atoms with Crippen molar-refractivity contribution in [1.82, 2.24) is 0 Å². The molecule has 1 aliphatic rings. The molecule has 5 heteroatoms. The number of benzene rings is 1. The summed E-state index contributed by atoms with van der Waals surface area (Å²) in [5.41, 5.74) is 0.986. The molecule has 1 fully saturated rings. The average Bonchev–Trinajstić information content (AvgIpc) is 2.60. The molecule has 1 aromatic carbocycles. The fraction of sp³-hybridized carbons (Fsp3) is 0.588. The Bertz CT molecular complexity index is 476. The number of nitrogens with zero attached hydrogens (tertiary/aromatic N) is 1. The van der Waals surface area contributed by atoms with Crippen LogP contribution in [0.15, 0.2) is 35.3 Å². The van der Waals surface area contributed by atoms with Crippen molar-refractivity contribution in [1.29, 1.82) is 0 Å². The molecule has 0 saturated carbocycles. The van der Waals surface area contributed by atoms with Gasteiger partial charge in [-0.2, -0.15) is 0 Å². The minimum atomic E-state index is -2.32. The summed E-state index contributed by atoms with van der Waals surface area (Å²) in [7, 11) is 3.01. The molecule has 1 aromatic rings. The lowest BCUT2D eigenvalue weighted by atomic mass is 10.1. The largest absolute Gasteiger partial charge is 0.396 e. The molecular formula is C17H27NO3Si. The monoisotopic (exact) mass is 321 g/mol. The fourth-order valence-electron chi connectivity index (χ4n) is 3.50. The molecule has 22 heavy (non-hydrogen) atoms. The van der Waals surface area contributed by atoms with Gasteiger partial charge in [-0.1, -0.05) is 31.0 Å². The van der Waals surface area contributed by atoms with Crippen LogP contribution in [0.4, 0.5) is 5.69 Å². The Balaban J connectivity index is 2.04. The van der Waals surface area contributed by atoms with E-state index in [2.05, 4.69) is 4.99 Å². The summed E-state index contributed by atoms with van der Waals surface area (Å²) in [5.74, 6) is 0. The predicted molar refractivity (Wildman–Crippen MR) is 92.0 cm³/mol. The standard InChI is InChI=1S/C17H27NO3Si/c1-19-17(12-7-8-15-22(17,20-2)21-3)13-9-14-18-16-10-5-4-6-11-16/h4-6,10-11,14H,7-9,12-13,15H2,1-3H3. The molecule has 0 N–H and O–H groups in total. The molecule has 4 nitrogen and oxygen atoms in total. The first kappa shape index (κ1) is 17.3. The zero-order valence-corrected chi connectivity index (χ0v) is 14.9. The van der Waals surface area contributed by atoms with Gasteiger partial charge in [0.05, 0.1) is 5.69 Å². The second kappa shape index (κ2) is 8.01. The molecule has 1 saturated heterocycles. The maximum absolute atomic E-state index is 5.98. The van der Waals surface area contributed by atoms with Gasteiger partial charge in [0.15, 0.2) is 0 Å². The summed E-state index contributed by atoms with van der Waals surface area (Å²) in [6.07, 6.45) is 7.09. The highest BCUT2D eigenvalue weighted by Crippen LogP contribution is 2.42. The van der Waals surface area contributed by atoms with Crippen molar-refractivity contribution >= 4 is 20.5 Å². The Kier molecular flexibility index (Phi) is 6.32. The SMILES string of the molecule is COC1(CCC=Nc2ccccc2)CCCC[Si]1(OC)OC. The van der Waals surface area contributed by atoms with E-state index >= 15 is 0 Å². The Morgan fingerprint density at radius 1 is 1.14 bits per heavy atom. The lowest BCUT2D eigenvalue weighted by Crippen LogP contribution is -2.64. The zero-order chi connectivity index (χ0) is 15.9. The summed E-state index contributed by atoms with van der Waals surface area (Å²) >= 11 is 0. The van der Waals surface area contributed by atoms with Crippen molar-refractivity contribution < 1.29 is 13.6 Å². The molecule has 1 unspecified atom stereocenters. The van der Waals surface area contributed by atoms with Crippen LogP contribution in [0.1, 0.15) is 32.1 Å². The summed E-state index contributed by atoms with van der Waals surface area (Å²) in [5, 5.41) is -0.266. The first-order chi connectivity index (χ1) is 10.7. The van der Waals surface area contributed by atoms with Crippen LogP contribution in [0.5, 0.6) is 0 Å². The second-order valence-electron chi connectivity index (χ2n) is 5.75. The molecule has 1 atom stereocenters. The molecule has 2 rings (SSSR count). The molecule has 0 aromatic heterocycles. The van der Waals surface area contributed by atoms with Gasteiger partial charge in [-0.25, -0.2) is 0 Å². The maximum atomic E-state index is 5.98. The minimum absolute atomic E-state index is 0.266. The maximum Gasteiger partial charge on any atom is 0.370 e. The van der Waals surface area contributed by atoms with Crippen molar-refractivity contribution in [3.8, 4) is 0 Å². The van der Waals surface area contributed by atoms with Crippen molar-refractivity contribution in [3.63, 3.8) is 0 Å². The molecule has 0 amide bonds. The van der Waals surface area contributed by atoms with Gasteiger partial charge < -0.3 is 13.6 Å². The predicted octanol–water partition coefficient (Wildman–Crippen LogP) is 4.01. The number of aliphatic imine (C=N–C) groups is 1. The smallest absolute Gasteiger partial charge is 0.370 e. The molecule has 0 bridgehead atoms. The van der Waals surface area contributed by atoms with E-state index < -0.39 is 8.56 Å². The molecule has 0 spiro atoms. The van der Waals surface area contributed by atoms with Crippen molar-refractivity contribution in [2.24, 2.45) is 4.99 Å². The van der Waals surface area contributed by atoms with Crippen LogP contribution >= 0.6 is 0 Å². The summed E-state index contributed by atoms with van der Waals surface area (Å²) in [6.45, 7) is 0. The quantitative estimate of drug-likeness (QED) is 0.562. The van der Waals surface area contributed by atoms with Crippen molar-refractivity contribution in [3.05, 3.63) is 30.3 Å². The van der Waals surface area contributed by atoms with E-state index in [0.717, 1.165) is 37.4 Å². The average molecular weight is 321 g/mol. The minimum Gasteiger partial charge on any atom is -0.396 e. The first-order valence-electron chi connectivity index (χ1n) is 7.95. The normalized spacial score (nSPS) is 24.7. The van der Waals surface area contributed by atoms with Gasteiger partial charge in [0.1, 0.15) is 5.22 Å². The number of methoxy groups -OCH3 is 1. The molecule has 1 heterocycles. The highest BCUT2D eigenvalue weighted by atomic mass is 28.4. The Morgan fingerprint density at radius 3 is 2.50 bits per heavy atom. The molecule has 1 aliphatic heterocycles. The van der Waals surface area contributed by atoms with E-state index in [4.69, 9.17) is 13.6 Å². The zero-order valence-electron chi connectivity index (χ0n) is 13.9. The van der Waals surface area contributed by atoms with Crippen LogP contribution in [-0.4, -0.2) is 41.3 Å². The number of hydrogen-bond donors (Lipinski definition) is 0. The van der Waals surface area contributed by atoms with Crippen molar-refractivity contribution in [2.45, 2.75) is 43.4 Å². The van der Waals surface area contributed by atoms with Gasteiger partial charge in [0.25, 0.3) is 0 Å². The Morgan fingerprint density at radius 2 is 1.86 bits per heavy atom. The van der Waals surface area contributed by atoms with Gasteiger partial charge >= 0.3 is 8.56 Å². The van der Waals surface area contributed by atoms with Gasteiger partial charge in [-0.3, -0.25) is 4.99 Å². The van der Waals surface area contributed by atoms with Gasteiger partial charge in [-0.15, -0.1) is 0 Å². The number of para-hydroxylation sites is 1. The van der Waals surface area contributed by atoms with E-state index in [1.807, 2.05) is 36.5 Å². The number of rotatable bonds is 7. The Hall–Kier alpha value is -1.01. The van der Waals surface area contributed by atoms with Crippen LogP contribution in [0.2, 0.25) is 6.04 Å². The number of ether oxygens (including phenoxy) is 1.